The maximum Gasteiger partial charge on any atom is 0.329 e. The van der Waals surface area contributed by atoms with E-state index in [1.165, 1.54) is 4.57 Å². The molecule has 0 bridgehead atoms. The predicted octanol–water partition coefficient (Wildman–Crippen LogP) is 1.40. The zero-order chi connectivity index (χ0) is 20.4. The van der Waals surface area contributed by atoms with Gasteiger partial charge < -0.3 is 15.5 Å². The molecule has 1 aliphatic heterocycles. The molecule has 0 unspecified atom stereocenters. The summed E-state index contributed by atoms with van der Waals surface area (Å²) in [6, 6.07) is 14.7. The van der Waals surface area contributed by atoms with Gasteiger partial charge in [-0.2, -0.15) is 0 Å². The Labute approximate surface area is 167 Å². The molecule has 8 nitrogen and oxygen atoms in total. The number of amides is 2. The third kappa shape index (κ3) is 3.54. The van der Waals surface area contributed by atoms with E-state index in [-0.39, 0.29) is 30.6 Å². The zero-order valence-electron chi connectivity index (χ0n) is 16.2. The maximum atomic E-state index is 12.8. The summed E-state index contributed by atoms with van der Waals surface area (Å²) in [5.74, 6) is -0.360. The van der Waals surface area contributed by atoms with E-state index in [2.05, 4.69) is 10.6 Å². The van der Waals surface area contributed by atoms with Crippen molar-refractivity contribution in [3.8, 4) is 0 Å². The molecule has 0 radical (unpaired) electrons. The molecule has 2 heterocycles. The number of anilines is 2. The Balaban J connectivity index is 1.61. The van der Waals surface area contributed by atoms with Crippen molar-refractivity contribution >= 4 is 34.2 Å². The highest BCUT2D eigenvalue weighted by molar-refractivity contribution is 6.02. The van der Waals surface area contributed by atoms with Crippen molar-refractivity contribution < 1.29 is 9.59 Å². The first-order chi connectivity index (χ1) is 14.1. The zero-order valence-corrected chi connectivity index (χ0v) is 16.2. The average molecular weight is 393 g/mol. The van der Waals surface area contributed by atoms with Crippen molar-refractivity contribution in [1.82, 2.24) is 14.5 Å². The minimum Gasteiger partial charge on any atom is -0.323 e. The van der Waals surface area contributed by atoms with Crippen molar-refractivity contribution in [1.29, 1.82) is 0 Å². The summed E-state index contributed by atoms with van der Waals surface area (Å²) in [5.41, 5.74) is 2.53. The number of aryl methyl sites for hydroxylation is 1. The normalized spacial score (nSPS) is 14.4. The topological polar surface area (TPSA) is 88.4 Å². The second-order valence-electron chi connectivity index (χ2n) is 6.89. The van der Waals surface area contributed by atoms with Gasteiger partial charge in [0.15, 0.2) is 0 Å². The number of para-hydroxylation sites is 4. The van der Waals surface area contributed by atoms with Crippen LogP contribution in [0.1, 0.15) is 6.92 Å². The number of imidazole rings is 1. The second-order valence-corrected chi connectivity index (χ2v) is 6.89. The number of nitrogens with one attached hydrogen (secondary N) is 2. The van der Waals surface area contributed by atoms with Crippen LogP contribution in [-0.2, 0) is 22.7 Å². The number of benzene rings is 2. The monoisotopic (exact) mass is 393 g/mol. The third-order valence-electron chi connectivity index (χ3n) is 5.10. The van der Waals surface area contributed by atoms with Crippen LogP contribution in [0.4, 0.5) is 11.4 Å². The highest BCUT2D eigenvalue weighted by Gasteiger charge is 2.22. The lowest BCUT2D eigenvalue weighted by molar-refractivity contribution is -0.119. The van der Waals surface area contributed by atoms with Gasteiger partial charge in [-0.3, -0.25) is 18.7 Å². The molecule has 2 N–H and O–H groups in total. The Morgan fingerprint density at radius 2 is 1.72 bits per heavy atom. The minimum atomic E-state index is -0.318. The molecule has 1 fully saturated rings. The smallest absolute Gasteiger partial charge is 0.323 e. The Hall–Kier alpha value is -3.39. The number of hydrogen-bond acceptors (Lipinski definition) is 4. The number of nitrogens with zero attached hydrogens (tertiary/aromatic N) is 3. The molecule has 0 spiro atoms. The largest absolute Gasteiger partial charge is 0.329 e. The lowest BCUT2D eigenvalue weighted by Gasteiger charge is -2.29. The number of piperazine rings is 1. The number of hydrogen-bond donors (Lipinski definition) is 2. The third-order valence-corrected chi connectivity index (χ3v) is 5.10. The molecule has 1 aromatic heterocycles. The Kier molecular flexibility index (Phi) is 5.18. The van der Waals surface area contributed by atoms with Crippen LogP contribution in [0, 0.1) is 0 Å². The molecule has 0 saturated carbocycles. The van der Waals surface area contributed by atoms with Gasteiger partial charge in [0.25, 0.3) is 0 Å². The van der Waals surface area contributed by atoms with Crippen LogP contribution >= 0.6 is 0 Å². The van der Waals surface area contributed by atoms with Crippen LogP contribution in [0.15, 0.2) is 53.3 Å². The summed E-state index contributed by atoms with van der Waals surface area (Å²) in [6.45, 7) is 3.83. The molecule has 2 aromatic carbocycles. The van der Waals surface area contributed by atoms with Crippen LogP contribution in [0.2, 0.25) is 0 Å². The van der Waals surface area contributed by atoms with Gasteiger partial charge in [0.1, 0.15) is 6.54 Å². The van der Waals surface area contributed by atoms with Crippen LogP contribution in [0.25, 0.3) is 11.0 Å². The van der Waals surface area contributed by atoms with Gasteiger partial charge >= 0.3 is 5.69 Å². The van der Waals surface area contributed by atoms with Crippen LogP contribution in [-0.4, -0.2) is 40.6 Å². The minimum absolute atomic E-state index is 0.0415. The van der Waals surface area contributed by atoms with Gasteiger partial charge in [0.2, 0.25) is 11.8 Å². The molecular formula is C21H23N5O3. The average Bonchev–Trinajstić information content (AvgIpc) is 3.00. The van der Waals surface area contributed by atoms with Crippen molar-refractivity contribution in [3.05, 3.63) is 59.0 Å². The van der Waals surface area contributed by atoms with Crippen molar-refractivity contribution in [2.24, 2.45) is 0 Å². The van der Waals surface area contributed by atoms with Gasteiger partial charge in [0.05, 0.1) is 29.0 Å². The molecule has 4 rings (SSSR count). The second kappa shape index (κ2) is 7.92. The van der Waals surface area contributed by atoms with E-state index in [1.807, 2.05) is 43.3 Å². The summed E-state index contributed by atoms with van der Waals surface area (Å²) in [5, 5.41) is 5.91. The summed E-state index contributed by atoms with van der Waals surface area (Å²) >= 11 is 0. The van der Waals surface area contributed by atoms with E-state index >= 15 is 0 Å². The molecule has 1 saturated heterocycles. The van der Waals surface area contributed by atoms with Crippen molar-refractivity contribution in [3.63, 3.8) is 0 Å². The molecule has 3 aromatic rings. The number of rotatable bonds is 5. The van der Waals surface area contributed by atoms with E-state index in [0.717, 1.165) is 11.0 Å². The van der Waals surface area contributed by atoms with Crippen LogP contribution in [0.3, 0.4) is 0 Å². The van der Waals surface area contributed by atoms with Gasteiger partial charge in [-0.15, -0.1) is 0 Å². The summed E-state index contributed by atoms with van der Waals surface area (Å²) in [7, 11) is 0. The van der Waals surface area contributed by atoms with Crippen LogP contribution < -0.4 is 21.2 Å². The van der Waals surface area contributed by atoms with E-state index in [9.17, 15) is 14.4 Å². The van der Waals surface area contributed by atoms with E-state index in [0.29, 0.717) is 31.0 Å². The first-order valence-electron chi connectivity index (χ1n) is 9.68. The molecular weight excluding hydrogens is 370 g/mol. The van der Waals surface area contributed by atoms with Crippen LogP contribution in [0.5, 0.6) is 0 Å². The highest BCUT2D eigenvalue weighted by Crippen LogP contribution is 2.26. The predicted molar refractivity (Wildman–Crippen MR) is 112 cm³/mol. The molecule has 150 valence electrons. The molecule has 0 aliphatic carbocycles. The molecule has 1 aliphatic rings. The fraction of sp³-hybridized carbons (Fsp3) is 0.286. The van der Waals surface area contributed by atoms with Crippen molar-refractivity contribution in [2.75, 3.05) is 29.9 Å². The van der Waals surface area contributed by atoms with E-state index in [1.54, 1.807) is 21.6 Å². The molecule has 29 heavy (non-hydrogen) atoms. The summed E-state index contributed by atoms with van der Waals surface area (Å²) in [4.78, 5) is 39.5. The first-order valence-corrected chi connectivity index (χ1v) is 9.68. The van der Waals surface area contributed by atoms with Gasteiger partial charge in [-0.25, -0.2) is 4.79 Å². The quantitative estimate of drug-likeness (QED) is 0.686. The highest BCUT2D eigenvalue weighted by atomic mass is 16.2. The Bertz CT molecular complexity index is 1130. The number of aromatic nitrogens is 2. The van der Waals surface area contributed by atoms with E-state index in [4.69, 9.17) is 0 Å². The lowest BCUT2D eigenvalue weighted by Crippen LogP contribution is -2.48. The van der Waals surface area contributed by atoms with Crippen molar-refractivity contribution in [2.45, 2.75) is 20.0 Å². The standard InChI is InChI=1S/C21H23N5O3/c1-2-24-17-9-5-6-10-18(17)26(21(24)29)14-19(27)23-15-7-3-4-8-16(15)25-12-11-22-13-20(25)28/h3-10,22H,2,11-14H2,1H3,(H,23,27). The number of carbonyl (C=O) groups excluding carboxylic acids is 2. The molecule has 0 atom stereocenters. The molecule has 8 heteroatoms. The SMILES string of the molecule is CCn1c(=O)n(CC(=O)Nc2ccccc2N2CCNCC2=O)c2ccccc21. The van der Waals surface area contributed by atoms with Gasteiger partial charge in [-0.05, 0) is 31.2 Å². The van der Waals surface area contributed by atoms with E-state index < -0.39 is 0 Å². The summed E-state index contributed by atoms with van der Waals surface area (Å²) in [6.07, 6.45) is 0. The number of carbonyl (C=O) groups is 2. The lowest BCUT2D eigenvalue weighted by atomic mass is 10.2. The first kappa shape index (κ1) is 18.9. The van der Waals surface area contributed by atoms with Gasteiger partial charge in [0, 0.05) is 19.6 Å². The Morgan fingerprint density at radius 3 is 2.45 bits per heavy atom. The fourth-order valence-corrected chi connectivity index (χ4v) is 3.74. The molecule has 2 amide bonds. The Morgan fingerprint density at radius 1 is 1.03 bits per heavy atom. The number of fused-ring (bicyclic) bond motifs is 1. The summed E-state index contributed by atoms with van der Waals surface area (Å²) < 4.78 is 3.13. The van der Waals surface area contributed by atoms with Gasteiger partial charge in [-0.1, -0.05) is 24.3 Å². The maximum absolute atomic E-state index is 12.8. The fourth-order valence-electron chi connectivity index (χ4n) is 3.74.